The molecule has 1 aromatic carbocycles. The molecule has 8 heteroatoms. The SMILES string of the molecule is CCOC(=O)CCNC(=O)N1CCC[C@@H](C(=O)c2ccc3c(c2)OCO3)C1. The third kappa shape index (κ3) is 4.69. The minimum Gasteiger partial charge on any atom is -0.466 e. The van der Waals surface area contributed by atoms with Gasteiger partial charge in [-0.05, 0) is 38.0 Å². The third-order valence-electron chi connectivity index (χ3n) is 4.65. The van der Waals surface area contributed by atoms with E-state index in [0.29, 0.717) is 36.8 Å². The highest BCUT2D eigenvalue weighted by molar-refractivity contribution is 5.99. The van der Waals surface area contributed by atoms with Gasteiger partial charge in [0, 0.05) is 31.1 Å². The van der Waals surface area contributed by atoms with Gasteiger partial charge in [-0.2, -0.15) is 0 Å². The van der Waals surface area contributed by atoms with Crippen molar-refractivity contribution >= 4 is 17.8 Å². The summed E-state index contributed by atoms with van der Waals surface area (Å²) in [4.78, 5) is 38.1. The number of carbonyl (C=O) groups is 3. The third-order valence-corrected chi connectivity index (χ3v) is 4.65. The number of urea groups is 1. The van der Waals surface area contributed by atoms with Crippen molar-refractivity contribution in [2.45, 2.75) is 26.2 Å². The highest BCUT2D eigenvalue weighted by Gasteiger charge is 2.30. The molecule has 0 spiro atoms. The molecule has 2 aliphatic heterocycles. The van der Waals surface area contributed by atoms with Gasteiger partial charge in [0.25, 0.3) is 0 Å². The summed E-state index contributed by atoms with van der Waals surface area (Å²) in [6.07, 6.45) is 1.62. The zero-order chi connectivity index (χ0) is 19.2. The Morgan fingerprint density at radius 3 is 2.89 bits per heavy atom. The summed E-state index contributed by atoms with van der Waals surface area (Å²) in [5.41, 5.74) is 0.564. The minimum atomic E-state index is -0.340. The summed E-state index contributed by atoms with van der Waals surface area (Å²) in [5.74, 6) is 0.614. The van der Waals surface area contributed by atoms with E-state index in [-0.39, 0.29) is 43.5 Å². The molecular formula is C19H24N2O6. The Morgan fingerprint density at radius 1 is 1.26 bits per heavy atom. The maximum absolute atomic E-state index is 12.8. The number of fused-ring (bicyclic) bond motifs is 1. The second-order valence-corrected chi connectivity index (χ2v) is 6.50. The lowest BCUT2D eigenvalue weighted by Crippen LogP contribution is -2.47. The highest BCUT2D eigenvalue weighted by Crippen LogP contribution is 2.33. The van der Waals surface area contributed by atoms with Gasteiger partial charge in [0.1, 0.15) is 0 Å². The monoisotopic (exact) mass is 376 g/mol. The van der Waals surface area contributed by atoms with E-state index in [9.17, 15) is 14.4 Å². The first-order valence-corrected chi connectivity index (χ1v) is 9.20. The van der Waals surface area contributed by atoms with E-state index in [1.807, 2.05) is 0 Å². The molecule has 0 saturated carbocycles. The van der Waals surface area contributed by atoms with E-state index in [1.165, 1.54) is 0 Å². The van der Waals surface area contributed by atoms with Crippen molar-refractivity contribution in [3.05, 3.63) is 23.8 Å². The van der Waals surface area contributed by atoms with Crippen LogP contribution in [0.4, 0.5) is 4.79 Å². The molecule has 1 aromatic rings. The number of likely N-dealkylation sites (tertiary alicyclic amines) is 1. The molecule has 0 radical (unpaired) electrons. The number of nitrogens with one attached hydrogen (secondary N) is 1. The van der Waals surface area contributed by atoms with Crippen LogP contribution in [-0.4, -0.2) is 55.7 Å². The molecule has 27 heavy (non-hydrogen) atoms. The molecule has 2 aliphatic rings. The quantitative estimate of drug-likeness (QED) is 0.603. The Hall–Kier alpha value is -2.77. The Balaban J connectivity index is 1.53. The maximum Gasteiger partial charge on any atom is 0.317 e. The van der Waals surface area contributed by atoms with E-state index >= 15 is 0 Å². The number of benzene rings is 1. The summed E-state index contributed by atoms with van der Waals surface area (Å²) in [7, 11) is 0. The lowest BCUT2D eigenvalue weighted by Gasteiger charge is -2.32. The van der Waals surface area contributed by atoms with Gasteiger partial charge in [-0.25, -0.2) is 4.79 Å². The Kier molecular flexibility index (Phi) is 6.16. The molecule has 1 fully saturated rings. The lowest BCUT2D eigenvalue weighted by atomic mass is 9.90. The molecule has 2 heterocycles. The largest absolute Gasteiger partial charge is 0.466 e. The van der Waals surface area contributed by atoms with Gasteiger partial charge >= 0.3 is 12.0 Å². The number of ether oxygens (including phenoxy) is 3. The molecular weight excluding hydrogens is 352 g/mol. The molecule has 1 N–H and O–H groups in total. The maximum atomic E-state index is 12.8. The molecule has 0 aliphatic carbocycles. The molecule has 3 rings (SSSR count). The average Bonchev–Trinajstić information content (AvgIpc) is 3.15. The van der Waals surface area contributed by atoms with Crippen LogP contribution in [0.15, 0.2) is 18.2 Å². The number of Topliss-reactive ketones (excluding diaryl/α,β-unsaturated/α-hetero) is 1. The summed E-state index contributed by atoms with van der Waals surface area (Å²) in [6, 6.07) is 4.90. The van der Waals surface area contributed by atoms with E-state index < -0.39 is 0 Å². The average molecular weight is 376 g/mol. The van der Waals surface area contributed by atoms with Crippen molar-refractivity contribution in [3.63, 3.8) is 0 Å². The lowest BCUT2D eigenvalue weighted by molar-refractivity contribution is -0.142. The van der Waals surface area contributed by atoms with E-state index in [2.05, 4.69) is 5.32 Å². The van der Waals surface area contributed by atoms with Crippen LogP contribution in [0.2, 0.25) is 0 Å². The van der Waals surface area contributed by atoms with Crippen molar-refractivity contribution in [3.8, 4) is 11.5 Å². The number of hydrogen-bond donors (Lipinski definition) is 1. The summed E-state index contributed by atoms with van der Waals surface area (Å²) >= 11 is 0. The summed E-state index contributed by atoms with van der Waals surface area (Å²) in [5, 5.41) is 2.71. The second-order valence-electron chi connectivity index (χ2n) is 6.50. The van der Waals surface area contributed by atoms with Gasteiger partial charge in [-0.15, -0.1) is 0 Å². The van der Waals surface area contributed by atoms with Crippen molar-refractivity contribution in [1.29, 1.82) is 0 Å². The fraction of sp³-hybridized carbons (Fsp3) is 0.526. The number of piperidine rings is 1. The van der Waals surface area contributed by atoms with Crippen LogP contribution in [0.5, 0.6) is 11.5 Å². The normalized spacial score (nSPS) is 18.1. The number of esters is 1. The molecule has 0 unspecified atom stereocenters. The van der Waals surface area contributed by atoms with Gasteiger partial charge in [0.15, 0.2) is 17.3 Å². The molecule has 8 nitrogen and oxygen atoms in total. The van der Waals surface area contributed by atoms with E-state index in [1.54, 1.807) is 30.0 Å². The molecule has 0 bridgehead atoms. The minimum absolute atomic E-state index is 0.00248. The summed E-state index contributed by atoms with van der Waals surface area (Å²) < 4.78 is 15.4. The van der Waals surface area contributed by atoms with Crippen LogP contribution in [-0.2, 0) is 9.53 Å². The van der Waals surface area contributed by atoms with Crippen LogP contribution >= 0.6 is 0 Å². The van der Waals surface area contributed by atoms with E-state index in [0.717, 1.165) is 12.8 Å². The van der Waals surface area contributed by atoms with Gasteiger partial charge in [0.2, 0.25) is 6.79 Å². The molecule has 0 aromatic heterocycles. The first-order chi connectivity index (χ1) is 13.1. The Labute approximate surface area is 157 Å². The topological polar surface area (TPSA) is 94.2 Å². The Morgan fingerprint density at radius 2 is 2.07 bits per heavy atom. The predicted octanol–water partition coefficient (Wildman–Crippen LogP) is 1.97. The molecule has 2 amide bonds. The molecule has 1 atom stereocenters. The van der Waals surface area contributed by atoms with Gasteiger partial charge in [-0.1, -0.05) is 0 Å². The second kappa shape index (κ2) is 8.75. The van der Waals surface area contributed by atoms with Crippen LogP contribution in [0, 0.1) is 5.92 Å². The van der Waals surface area contributed by atoms with Gasteiger partial charge in [0.05, 0.1) is 13.0 Å². The number of amides is 2. The van der Waals surface area contributed by atoms with Crippen LogP contribution in [0.25, 0.3) is 0 Å². The fourth-order valence-corrected chi connectivity index (χ4v) is 3.28. The van der Waals surface area contributed by atoms with Crippen molar-refractivity contribution in [1.82, 2.24) is 10.2 Å². The van der Waals surface area contributed by atoms with Crippen LogP contribution < -0.4 is 14.8 Å². The number of nitrogens with zero attached hydrogens (tertiary/aromatic N) is 1. The van der Waals surface area contributed by atoms with Crippen molar-refractivity contribution in [2.75, 3.05) is 33.0 Å². The zero-order valence-corrected chi connectivity index (χ0v) is 15.4. The van der Waals surface area contributed by atoms with Gasteiger partial charge in [-0.3, -0.25) is 9.59 Å². The highest BCUT2D eigenvalue weighted by atomic mass is 16.7. The summed E-state index contributed by atoms with van der Waals surface area (Å²) in [6.45, 7) is 3.39. The van der Waals surface area contributed by atoms with Gasteiger partial charge < -0.3 is 24.4 Å². The zero-order valence-electron chi connectivity index (χ0n) is 15.4. The predicted molar refractivity (Wildman–Crippen MR) is 95.8 cm³/mol. The van der Waals surface area contributed by atoms with E-state index in [4.69, 9.17) is 14.2 Å². The first kappa shape index (κ1) is 19.0. The number of carbonyl (C=O) groups excluding carboxylic acids is 3. The number of hydrogen-bond acceptors (Lipinski definition) is 6. The molecule has 1 saturated heterocycles. The number of rotatable bonds is 6. The van der Waals surface area contributed by atoms with Crippen LogP contribution in [0.3, 0.4) is 0 Å². The fourth-order valence-electron chi connectivity index (χ4n) is 3.28. The number of ketones is 1. The smallest absolute Gasteiger partial charge is 0.317 e. The molecule has 146 valence electrons. The van der Waals surface area contributed by atoms with Crippen molar-refractivity contribution in [2.24, 2.45) is 5.92 Å². The van der Waals surface area contributed by atoms with Crippen molar-refractivity contribution < 1.29 is 28.6 Å². The van der Waals surface area contributed by atoms with Crippen LogP contribution in [0.1, 0.15) is 36.5 Å². The first-order valence-electron chi connectivity index (χ1n) is 9.20. The Bertz CT molecular complexity index is 720. The standard InChI is InChI=1S/C19H24N2O6/c1-2-25-17(22)7-8-20-19(24)21-9-3-4-14(11-21)18(23)13-5-6-15-16(10-13)27-12-26-15/h5-6,10,14H,2-4,7-9,11-12H2,1H3,(H,20,24)/t14-/m1/s1.